The van der Waals surface area contributed by atoms with Crippen LogP contribution in [0.3, 0.4) is 0 Å². The van der Waals surface area contributed by atoms with Crippen LogP contribution in [0.4, 0.5) is 5.69 Å². The quantitative estimate of drug-likeness (QED) is 0.852. The summed E-state index contributed by atoms with van der Waals surface area (Å²) in [5.74, 6) is 2.25. The topological polar surface area (TPSA) is 65.4 Å². The number of carbonyl (C=O) groups excluding carboxylic acids is 1. The van der Waals surface area contributed by atoms with Gasteiger partial charge >= 0.3 is 0 Å². The molecule has 1 aromatic heterocycles. The van der Waals surface area contributed by atoms with Crippen LogP contribution in [0.15, 0.2) is 29.3 Å². The van der Waals surface area contributed by atoms with Crippen molar-refractivity contribution in [2.45, 2.75) is 18.2 Å². The maximum Gasteiger partial charge on any atom is 0.225 e. The van der Waals surface area contributed by atoms with Gasteiger partial charge in [0, 0.05) is 24.1 Å². The zero-order valence-corrected chi connectivity index (χ0v) is 14.0. The summed E-state index contributed by atoms with van der Waals surface area (Å²) in [7, 11) is 1.85. The largest absolute Gasteiger partial charge is 0.486 e. The van der Waals surface area contributed by atoms with Crippen LogP contribution in [0.5, 0.6) is 11.5 Å². The van der Waals surface area contributed by atoms with Gasteiger partial charge in [-0.25, -0.2) is 0 Å². The standard InChI is InChI=1S/C16H19N3O3S/c1-11-13(10-17-19(11)2)18-16(20)5-8-23-12-3-4-14-15(9-12)22-7-6-21-14/h3-4,9-10H,5-8H2,1-2H3,(H,18,20). The third-order valence-electron chi connectivity index (χ3n) is 3.62. The molecule has 3 rings (SSSR count). The van der Waals surface area contributed by atoms with Gasteiger partial charge in [0.15, 0.2) is 11.5 Å². The van der Waals surface area contributed by atoms with Crippen LogP contribution in [0.2, 0.25) is 0 Å². The molecule has 2 aromatic rings. The summed E-state index contributed by atoms with van der Waals surface area (Å²) >= 11 is 1.62. The van der Waals surface area contributed by atoms with Gasteiger partial charge in [0.05, 0.1) is 17.6 Å². The summed E-state index contributed by atoms with van der Waals surface area (Å²) in [6.07, 6.45) is 2.11. The van der Waals surface area contributed by atoms with E-state index >= 15 is 0 Å². The van der Waals surface area contributed by atoms with Crippen molar-refractivity contribution >= 4 is 23.4 Å². The van der Waals surface area contributed by atoms with Gasteiger partial charge in [-0.05, 0) is 25.1 Å². The SMILES string of the molecule is Cc1c(NC(=O)CCSc2ccc3c(c2)OCCO3)cnn1C. The molecule has 0 saturated carbocycles. The fraction of sp³-hybridized carbons (Fsp3) is 0.375. The number of fused-ring (bicyclic) bond motifs is 1. The second kappa shape index (κ2) is 6.95. The van der Waals surface area contributed by atoms with Crippen molar-refractivity contribution in [2.24, 2.45) is 7.05 Å². The Labute approximate surface area is 139 Å². The van der Waals surface area contributed by atoms with Gasteiger partial charge in [-0.2, -0.15) is 5.10 Å². The number of nitrogens with one attached hydrogen (secondary N) is 1. The van der Waals surface area contributed by atoms with Crippen molar-refractivity contribution in [3.05, 3.63) is 30.1 Å². The van der Waals surface area contributed by atoms with E-state index in [1.54, 1.807) is 22.6 Å². The summed E-state index contributed by atoms with van der Waals surface area (Å²) < 4.78 is 12.8. The van der Waals surface area contributed by atoms with Crippen LogP contribution >= 0.6 is 11.8 Å². The summed E-state index contributed by atoms with van der Waals surface area (Å²) in [5, 5.41) is 7.00. The molecule has 23 heavy (non-hydrogen) atoms. The van der Waals surface area contributed by atoms with E-state index in [1.165, 1.54) is 0 Å². The molecule has 1 aliphatic heterocycles. The van der Waals surface area contributed by atoms with E-state index in [0.717, 1.165) is 27.8 Å². The molecule has 0 spiro atoms. The number of benzene rings is 1. The summed E-state index contributed by atoms with van der Waals surface area (Å²) in [6.45, 7) is 3.09. The van der Waals surface area contributed by atoms with Crippen LogP contribution in [0, 0.1) is 6.92 Å². The fourth-order valence-corrected chi connectivity index (χ4v) is 3.09. The van der Waals surface area contributed by atoms with E-state index in [-0.39, 0.29) is 5.91 Å². The molecule has 2 heterocycles. The Morgan fingerprint density at radius 1 is 1.35 bits per heavy atom. The predicted molar refractivity (Wildman–Crippen MR) is 89.3 cm³/mol. The van der Waals surface area contributed by atoms with Crippen LogP contribution in [-0.2, 0) is 11.8 Å². The Morgan fingerprint density at radius 3 is 2.87 bits per heavy atom. The maximum atomic E-state index is 12.0. The molecule has 1 aromatic carbocycles. The molecular weight excluding hydrogens is 314 g/mol. The molecule has 0 bridgehead atoms. The third-order valence-corrected chi connectivity index (χ3v) is 4.62. The smallest absolute Gasteiger partial charge is 0.225 e. The lowest BCUT2D eigenvalue weighted by molar-refractivity contribution is -0.115. The minimum Gasteiger partial charge on any atom is -0.486 e. The average molecular weight is 333 g/mol. The zero-order valence-electron chi connectivity index (χ0n) is 13.2. The lowest BCUT2D eigenvalue weighted by Crippen LogP contribution is -2.15. The molecule has 1 amide bonds. The molecule has 0 aliphatic carbocycles. The van der Waals surface area contributed by atoms with Crippen LogP contribution in [-0.4, -0.2) is 34.7 Å². The fourth-order valence-electron chi connectivity index (χ4n) is 2.21. The van der Waals surface area contributed by atoms with Crippen LogP contribution < -0.4 is 14.8 Å². The molecule has 0 fully saturated rings. The van der Waals surface area contributed by atoms with Crippen molar-refractivity contribution in [1.82, 2.24) is 9.78 Å². The number of aromatic nitrogens is 2. The van der Waals surface area contributed by atoms with Gasteiger partial charge in [-0.15, -0.1) is 11.8 Å². The highest BCUT2D eigenvalue weighted by molar-refractivity contribution is 7.99. The number of hydrogen-bond acceptors (Lipinski definition) is 5. The molecule has 0 unspecified atom stereocenters. The average Bonchev–Trinajstić information content (AvgIpc) is 2.87. The third kappa shape index (κ3) is 3.79. The van der Waals surface area contributed by atoms with E-state index in [2.05, 4.69) is 10.4 Å². The maximum absolute atomic E-state index is 12.0. The van der Waals surface area contributed by atoms with Gasteiger partial charge in [0.1, 0.15) is 13.2 Å². The first-order valence-electron chi connectivity index (χ1n) is 7.44. The Hall–Kier alpha value is -2.15. The minimum absolute atomic E-state index is 0.00820. The summed E-state index contributed by atoms with van der Waals surface area (Å²) in [6, 6.07) is 5.86. The van der Waals surface area contributed by atoms with E-state index in [0.29, 0.717) is 25.4 Å². The molecule has 1 aliphatic rings. The van der Waals surface area contributed by atoms with Crippen molar-refractivity contribution < 1.29 is 14.3 Å². The summed E-state index contributed by atoms with van der Waals surface area (Å²) in [4.78, 5) is 13.1. The number of amides is 1. The molecule has 6 nitrogen and oxygen atoms in total. The van der Waals surface area contributed by atoms with E-state index in [9.17, 15) is 4.79 Å². The first-order valence-corrected chi connectivity index (χ1v) is 8.43. The number of nitrogens with zero attached hydrogens (tertiary/aromatic N) is 2. The number of carbonyl (C=O) groups is 1. The van der Waals surface area contributed by atoms with Gasteiger partial charge < -0.3 is 14.8 Å². The molecular formula is C16H19N3O3S. The molecule has 7 heteroatoms. The van der Waals surface area contributed by atoms with Crippen molar-refractivity contribution in [1.29, 1.82) is 0 Å². The van der Waals surface area contributed by atoms with E-state index in [4.69, 9.17) is 9.47 Å². The van der Waals surface area contributed by atoms with Crippen molar-refractivity contribution in [3.8, 4) is 11.5 Å². The molecule has 0 saturated heterocycles. The number of anilines is 1. The predicted octanol–water partition coefficient (Wildman–Crippen LogP) is 2.62. The van der Waals surface area contributed by atoms with Gasteiger partial charge in [0.25, 0.3) is 0 Å². The monoisotopic (exact) mass is 333 g/mol. The first kappa shape index (κ1) is 15.7. The highest BCUT2D eigenvalue weighted by Crippen LogP contribution is 2.34. The van der Waals surface area contributed by atoms with E-state index < -0.39 is 0 Å². The van der Waals surface area contributed by atoms with E-state index in [1.807, 2.05) is 32.2 Å². The Balaban J connectivity index is 1.49. The first-order chi connectivity index (χ1) is 11.1. The summed E-state index contributed by atoms with van der Waals surface area (Å²) in [5.41, 5.74) is 1.71. The number of hydrogen-bond donors (Lipinski definition) is 1. The molecule has 0 radical (unpaired) electrons. The number of ether oxygens (including phenoxy) is 2. The van der Waals surface area contributed by atoms with Gasteiger partial charge in [-0.3, -0.25) is 9.48 Å². The second-order valence-electron chi connectivity index (χ2n) is 5.22. The van der Waals surface area contributed by atoms with Crippen LogP contribution in [0.25, 0.3) is 0 Å². The number of thioether (sulfide) groups is 1. The molecule has 122 valence electrons. The Bertz CT molecular complexity index is 715. The number of rotatable bonds is 5. The molecule has 0 atom stereocenters. The molecule has 1 N–H and O–H groups in total. The zero-order chi connectivity index (χ0) is 16.2. The lowest BCUT2D eigenvalue weighted by atomic mass is 10.3. The highest BCUT2D eigenvalue weighted by Gasteiger charge is 2.12. The van der Waals surface area contributed by atoms with Crippen LogP contribution in [0.1, 0.15) is 12.1 Å². The number of aryl methyl sites for hydroxylation is 1. The Morgan fingerprint density at radius 2 is 2.13 bits per heavy atom. The minimum atomic E-state index is -0.00820. The Kier molecular flexibility index (Phi) is 4.76. The highest BCUT2D eigenvalue weighted by atomic mass is 32.2. The second-order valence-corrected chi connectivity index (χ2v) is 6.39. The lowest BCUT2D eigenvalue weighted by Gasteiger charge is -2.18. The van der Waals surface area contributed by atoms with Crippen molar-refractivity contribution in [2.75, 3.05) is 24.3 Å². The normalized spacial score (nSPS) is 13.0. The van der Waals surface area contributed by atoms with Gasteiger partial charge in [-0.1, -0.05) is 0 Å². The van der Waals surface area contributed by atoms with Crippen molar-refractivity contribution in [3.63, 3.8) is 0 Å². The van der Waals surface area contributed by atoms with Gasteiger partial charge in [0.2, 0.25) is 5.91 Å².